The van der Waals surface area contributed by atoms with Gasteiger partial charge >= 0.3 is 0 Å². The molecule has 4 N–H and O–H groups in total. The summed E-state index contributed by atoms with van der Waals surface area (Å²) in [5.74, 6) is 1.55. The number of hydrogen-bond acceptors (Lipinski definition) is 11. The Bertz CT molecular complexity index is 1220. The molecule has 37 heavy (non-hydrogen) atoms. The molecule has 13 heteroatoms. The Morgan fingerprint density at radius 1 is 1.03 bits per heavy atom. The first-order valence-corrected chi connectivity index (χ1v) is 13.5. The number of ether oxygens (including phenoxy) is 1. The highest BCUT2D eigenvalue weighted by Crippen LogP contribution is 2.41. The van der Waals surface area contributed by atoms with Crippen molar-refractivity contribution in [1.29, 1.82) is 0 Å². The Hall–Kier alpha value is -2.74. The Balaban J connectivity index is 1.26. The summed E-state index contributed by atoms with van der Waals surface area (Å²) >= 11 is 0. The molecule has 0 unspecified atom stereocenters. The van der Waals surface area contributed by atoms with Crippen molar-refractivity contribution < 1.29 is 14.9 Å². The van der Waals surface area contributed by atoms with Crippen LogP contribution in [-0.2, 0) is 4.74 Å². The van der Waals surface area contributed by atoms with E-state index in [0.717, 1.165) is 50.2 Å². The largest absolute Gasteiger partial charge is 0.387 e. The fourth-order valence-corrected chi connectivity index (χ4v) is 5.66. The third-order valence-corrected chi connectivity index (χ3v) is 7.74. The number of aromatic nitrogens is 8. The van der Waals surface area contributed by atoms with Crippen molar-refractivity contribution in [3.05, 3.63) is 17.3 Å². The van der Waals surface area contributed by atoms with Gasteiger partial charge in [-0.15, -0.1) is 10.2 Å². The summed E-state index contributed by atoms with van der Waals surface area (Å²) in [6.45, 7) is 7.90. The van der Waals surface area contributed by atoms with Crippen LogP contribution in [0.15, 0.2) is 0 Å². The Morgan fingerprint density at radius 2 is 1.78 bits per heavy atom. The van der Waals surface area contributed by atoms with Crippen molar-refractivity contribution in [3.8, 4) is 0 Å². The Labute approximate surface area is 215 Å². The van der Waals surface area contributed by atoms with E-state index in [4.69, 9.17) is 14.7 Å². The fourth-order valence-electron chi connectivity index (χ4n) is 5.66. The molecule has 200 valence electrons. The maximum atomic E-state index is 10.9. The average Bonchev–Trinajstić information content (AvgIpc) is 3.70. The van der Waals surface area contributed by atoms with Gasteiger partial charge in [0.2, 0.25) is 11.8 Å². The molecule has 1 saturated carbocycles. The number of aliphatic hydroxyl groups is 2. The molecule has 13 nitrogen and oxygen atoms in total. The molecule has 6 rings (SSSR count). The molecule has 3 fully saturated rings. The highest BCUT2D eigenvalue weighted by Gasteiger charge is 2.47. The van der Waals surface area contributed by atoms with Gasteiger partial charge in [0.25, 0.3) is 0 Å². The highest BCUT2D eigenvalue weighted by molar-refractivity contribution is 5.75. The number of rotatable bonds is 8. The van der Waals surface area contributed by atoms with E-state index in [2.05, 4.69) is 35.6 Å². The van der Waals surface area contributed by atoms with E-state index in [1.54, 1.807) is 0 Å². The van der Waals surface area contributed by atoms with Crippen LogP contribution in [0.2, 0.25) is 0 Å². The fraction of sp³-hybridized carbons (Fsp3) is 0.750. The topological polar surface area (TPSA) is 163 Å². The molecule has 0 amide bonds. The van der Waals surface area contributed by atoms with Crippen molar-refractivity contribution in [2.24, 2.45) is 0 Å². The van der Waals surface area contributed by atoms with Crippen LogP contribution in [0.25, 0.3) is 11.2 Å². The second-order valence-electron chi connectivity index (χ2n) is 10.7. The van der Waals surface area contributed by atoms with Gasteiger partial charge in [0, 0.05) is 19.0 Å². The number of hydrogen-bond donors (Lipinski definition) is 4. The molecule has 3 aromatic rings. The molecule has 0 radical (unpaired) electrons. The molecule has 0 spiro atoms. The van der Waals surface area contributed by atoms with E-state index in [-0.39, 0.29) is 11.9 Å². The number of aromatic amines is 1. The first-order chi connectivity index (χ1) is 18.0. The zero-order chi connectivity index (χ0) is 25.5. The van der Waals surface area contributed by atoms with E-state index in [1.807, 2.05) is 13.8 Å². The van der Waals surface area contributed by atoms with Crippen molar-refractivity contribution in [2.75, 3.05) is 31.5 Å². The summed E-state index contributed by atoms with van der Waals surface area (Å²) < 4.78 is 6.06. The van der Waals surface area contributed by atoms with E-state index in [1.165, 1.54) is 30.5 Å². The second-order valence-corrected chi connectivity index (χ2v) is 10.7. The first-order valence-electron chi connectivity index (χ1n) is 13.5. The summed E-state index contributed by atoms with van der Waals surface area (Å²) in [6.07, 6.45) is 2.81. The molecular weight excluding hydrogens is 476 g/mol. The van der Waals surface area contributed by atoms with Gasteiger partial charge in [-0.2, -0.15) is 9.78 Å². The third-order valence-electron chi connectivity index (χ3n) is 7.74. The smallest absolute Gasteiger partial charge is 0.225 e. The summed E-state index contributed by atoms with van der Waals surface area (Å²) in [5, 5.41) is 37.4. The van der Waals surface area contributed by atoms with Gasteiger partial charge in [-0.3, -0.25) is 0 Å². The van der Waals surface area contributed by atoms with Crippen LogP contribution in [0.1, 0.15) is 93.9 Å². The summed E-state index contributed by atoms with van der Waals surface area (Å²) in [5.41, 5.74) is 2.26. The normalized spacial score (nSPS) is 27.3. The number of H-pyrrole nitrogens is 1. The van der Waals surface area contributed by atoms with Crippen LogP contribution in [0.5, 0.6) is 0 Å². The molecule has 2 aliphatic heterocycles. The van der Waals surface area contributed by atoms with E-state index in [0.29, 0.717) is 23.3 Å². The number of nitrogens with one attached hydrogen (secondary N) is 2. The minimum Gasteiger partial charge on any atom is -0.387 e. The lowest BCUT2D eigenvalue weighted by Crippen LogP contribution is -2.27. The number of likely N-dealkylation sites (tertiary alicyclic amines) is 1. The number of fused-ring (bicyclic) bond motifs is 1. The predicted octanol–water partition coefficient (Wildman–Crippen LogP) is 1.62. The number of anilines is 1. The van der Waals surface area contributed by atoms with E-state index < -0.39 is 24.4 Å². The zero-order valence-corrected chi connectivity index (χ0v) is 21.4. The van der Waals surface area contributed by atoms with E-state index >= 15 is 0 Å². The van der Waals surface area contributed by atoms with E-state index in [9.17, 15) is 10.2 Å². The lowest BCUT2D eigenvalue weighted by molar-refractivity contribution is -0.00241. The van der Waals surface area contributed by atoms with Crippen molar-refractivity contribution in [1.82, 2.24) is 45.0 Å². The maximum absolute atomic E-state index is 10.9. The number of nitrogens with zero attached hydrogens (tertiary/aromatic N) is 8. The monoisotopic (exact) mass is 512 g/mol. The predicted molar refractivity (Wildman–Crippen MR) is 134 cm³/mol. The van der Waals surface area contributed by atoms with Gasteiger partial charge in [0.15, 0.2) is 11.8 Å². The second kappa shape index (κ2) is 10.2. The van der Waals surface area contributed by atoms with Gasteiger partial charge in [0.05, 0.1) is 11.7 Å². The van der Waals surface area contributed by atoms with Crippen molar-refractivity contribution in [2.45, 2.75) is 88.7 Å². The molecule has 4 atom stereocenters. The van der Waals surface area contributed by atoms with Gasteiger partial charge < -0.3 is 30.2 Å². The van der Waals surface area contributed by atoms with Gasteiger partial charge in [0.1, 0.15) is 29.7 Å². The highest BCUT2D eigenvalue weighted by atomic mass is 16.5. The Morgan fingerprint density at radius 3 is 2.51 bits per heavy atom. The van der Waals surface area contributed by atoms with Gasteiger partial charge in [-0.25, -0.2) is 9.97 Å². The first kappa shape index (κ1) is 24.6. The molecule has 1 aliphatic carbocycles. The molecule has 5 heterocycles. The van der Waals surface area contributed by atoms with Crippen molar-refractivity contribution in [3.63, 3.8) is 0 Å². The van der Waals surface area contributed by atoms with Crippen LogP contribution >= 0.6 is 0 Å². The van der Waals surface area contributed by atoms with Crippen LogP contribution in [0.3, 0.4) is 0 Å². The summed E-state index contributed by atoms with van der Waals surface area (Å²) in [6, 6.07) is 0.0154. The average molecular weight is 513 g/mol. The van der Waals surface area contributed by atoms with Gasteiger partial charge in [-0.1, -0.05) is 12.8 Å². The summed E-state index contributed by atoms with van der Waals surface area (Å²) in [7, 11) is 0. The number of tetrazole rings is 1. The molecular formula is C24H36N10O3. The number of imidazole rings is 1. The maximum Gasteiger partial charge on any atom is 0.225 e. The van der Waals surface area contributed by atoms with Crippen LogP contribution < -0.4 is 5.32 Å². The number of aliphatic hydroxyl groups excluding tert-OH is 2. The standard InChI is InChI=1S/C24H36N10O3/c1-13(2)34-31-23(30-32-34)20-18(36)17(35)19(37-20)22-26-16-15(14-7-3-4-8-14)27-24(29-21(16)28-22)25-9-12-33-10-5-6-11-33/h13-14,17-20,35-36H,3-12H2,1-2H3,(H2,25,26,27,28,29)/t17-,18+,19+,20+/m1/s1. The van der Waals surface area contributed by atoms with Gasteiger partial charge in [-0.05, 0) is 57.8 Å². The Kier molecular flexibility index (Phi) is 6.78. The zero-order valence-electron chi connectivity index (χ0n) is 21.4. The minimum atomic E-state index is -1.22. The molecule has 0 aromatic carbocycles. The third kappa shape index (κ3) is 4.80. The lowest BCUT2D eigenvalue weighted by Gasteiger charge is -2.15. The van der Waals surface area contributed by atoms with Crippen LogP contribution in [0, 0.1) is 0 Å². The van der Waals surface area contributed by atoms with Crippen LogP contribution in [0.4, 0.5) is 5.95 Å². The molecule has 3 aliphatic rings. The summed E-state index contributed by atoms with van der Waals surface area (Å²) in [4.78, 5) is 21.5. The molecule has 0 bridgehead atoms. The van der Waals surface area contributed by atoms with Crippen molar-refractivity contribution >= 4 is 17.1 Å². The lowest BCUT2D eigenvalue weighted by atomic mass is 10.0. The molecule has 3 aromatic heterocycles. The molecule has 2 saturated heterocycles. The minimum absolute atomic E-state index is 0.0154. The van der Waals surface area contributed by atoms with Crippen LogP contribution in [-0.4, -0.2) is 93.6 Å². The quantitative estimate of drug-likeness (QED) is 0.347. The SMILES string of the molecule is CC(C)n1nnc([C@H]2O[C@H](c3nc4nc(NCCN5CCCC5)nc(C5CCCC5)c4[nH]3)[C@H](O)[C@@H]2O)n1.